The summed E-state index contributed by atoms with van der Waals surface area (Å²) >= 11 is 5.96. The number of benzene rings is 2. The summed E-state index contributed by atoms with van der Waals surface area (Å²) in [6.45, 7) is 1.45. The summed E-state index contributed by atoms with van der Waals surface area (Å²) in [5.41, 5.74) is -2.89. The third-order valence-electron chi connectivity index (χ3n) is 8.28. The molecule has 1 N–H and O–H groups in total. The van der Waals surface area contributed by atoms with Crippen LogP contribution in [0.3, 0.4) is 0 Å². The van der Waals surface area contributed by atoms with Crippen molar-refractivity contribution in [3.63, 3.8) is 0 Å². The molecule has 4 heterocycles. The van der Waals surface area contributed by atoms with E-state index in [0.717, 1.165) is 4.90 Å². The van der Waals surface area contributed by atoms with E-state index < -0.39 is 52.7 Å². The Kier molecular flexibility index (Phi) is 5.89. The van der Waals surface area contributed by atoms with Crippen molar-refractivity contribution in [1.29, 1.82) is 5.26 Å². The molecule has 3 aliphatic heterocycles. The Morgan fingerprint density at radius 2 is 1.90 bits per heavy atom. The lowest BCUT2D eigenvalue weighted by atomic mass is 9.66. The van der Waals surface area contributed by atoms with E-state index in [0.29, 0.717) is 34.3 Å². The molecule has 2 amide bonds. The van der Waals surface area contributed by atoms with Crippen LogP contribution in [0.2, 0.25) is 5.02 Å². The van der Waals surface area contributed by atoms with Crippen LogP contribution < -0.4 is 9.64 Å². The van der Waals surface area contributed by atoms with Gasteiger partial charge in [0.2, 0.25) is 17.7 Å². The lowest BCUT2D eigenvalue weighted by Gasteiger charge is -2.33. The Morgan fingerprint density at radius 1 is 1.20 bits per heavy atom. The standard InChI is InChI=1S/C28H21ClF3N3O5/c1-26-20(36)11-27(40-26,8-9-39-23-18(29)10-15(13-34-23)28(30,31)32)22-21(26)24(37)35(25(22)38)19-7-6-14(12-33)16-4-2-3-5-17(16)19/h2-7,10,13,20-22,36H,8-9,11H2,1H3. The van der Waals surface area contributed by atoms with E-state index in [2.05, 4.69) is 11.1 Å². The van der Waals surface area contributed by atoms with Crippen molar-refractivity contribution in [2.45, 2.75) is 43.2 Å². The monoisotopic (exact) mass is 571 g/mol. The second kappa shape index (κ2) is 8.89. The molecule has 0 radical (unpaired) electrons. The van der Waals surface area contributed by atoms with Crippen molar-refractivity contribution in [2.24, 2.45) is 11.8 Å². The van der Waals surface area contributed by atoms with Crippen molar-refractivity contribution in [2.75, 3.05) is 11.5 Å². The number of amides is 2. The molecule has 206 valence electrons. The molecule has 2 aromatic carbocycles. The third-order valence-corrected chi connectivity index (χ3v) is 8.55. The second-order valence-electron chi connectivity index (χ2n) is 10.4. The molecule has 3 aliphatic rings. The Bertz CT molecular complexity index is 1620. The maximum atomic E-state index is 14.0. The molecule has 12 heteroatoms. The first kappa shape index (κ1) is 26.5. The largest absolute Gasteiger partial charge is 0.476 e. The normalized spacial score (nSPS) is 29.2. The van der Waals surface area contributed by atoms with Gasteiger partial charge in [-0.1, -0.05) is 35.9 Å². The number of carbonyl (C=O) groups excluding carboxylic acids is 2. The average molecular weight is 572 g/mol. The Labute approximate surface area is 230 Å². The Hall–Kier alpha value is -3.72. The maximum absolute atomic E-state index is 14.0. The van der Waals surface area contributed by atoms with Crippen molar-refractivity contribution in [3.8, 4) is 11.9 Å². The molecule has 0 spiro atoms. The fourth-order valence-electron chi connectivity index (χ4n) is 6.44. The molecule has 3 aromatic rings. The van der Waals surface area contributed by atoms with E-state index >= 15 is 0 Å². The number of imide groups is 1. The average Bonchev–Trinajstić information content (AvgIpc) is 3.44. The number of anilines is 1. The number of carbonyl (C=O) groups is 2. The first-order valence-corrected chi connectivity index (χ1v) is 12.8. The van der Waals surface area contributed by atoms with Crippen LogP contribution in [0.1, 0.15) is 30.9 Å². The summed E-state index contributed by atoms with van der Waals surface area (Å²) in [4.78, 5) is 32.6. The number of aliphatic hydroxyl groups excluding tert-OH is 1. The van der Waals surface area contributed by atoms with Crippen LogP contribution in [0.4, 0.5) is 18.9 Å². The first-order valence-electron chi connectivity index (χ1n) is 12.4. The second-order valence-corrected chi connectivity index (χ2v) is 10.8. The number of nitrogens with zero attached hydrogens (tertiary/aromatic N) is 3. The maximum Gasteiger partial charge on any atom is 0.417 e. The van der Waals surface area contributed by atoms with Crippen LogP contribution in [0.5, 0.6) is 5.88 Å². The number of halogens is 4. The fraction of sp³-hybridized carbons (Fsp3) is 0.357. The molecule has 3 fully saturated rings. The van der Waals surface area contributed by atoms with Gasteiger partial charge in [0, 0.05) is 29.8 Å². The molecular weight excluding hydrogens is 551 g/mol. The zero-order valence-electron chi connectivity index (χ0n) is 20.9. The van der Waals surface area contributed by atoms with Gasteiger partial charge < -0.3 is 14.6 Å². The number of hydrogen-bond donors (Lipinski definition) is 1. The van der Waals surface area contributed by atoms with E-state index in [4.69, 9.17) is 21.1 Å². The van der Waals surface area contributed by atoms with Crippen molar-refractivity contribution >= 4 is 39.9 Å². The van der Waals surface area contributed by atoms with Crippen molar-refractivity contribution in [3.05, 3.63) is 64.8 Å². The smallest absolute Gasteiger partial charge is 0.417 e. The summed E-state index contributed by atoms with van der Waals surface area (Å²) in [6, 6.07) is 12.9. The predicted octanol–water partition coefficient (Wildman–Crippen LogP) is 4.65. The number of hydrogen-bond acceptors (Lipinski definition) is 7. The van der Waals surface area contributed by atoms with Crippen LogP contribution in [0.25, 0.3) is 10.8 Å². The van der Waals surface area contributed by atoms with Crippen molar-refractivity contribution in [1.82, 2.24) is 4.98 Å². The highest BCUT2D eigenvalue weighted by atomic mass is 35.5. The van der Waals surface area contributed by atoms with E-state index in [1.165, 1.54) is 0 Å². The molecule has 0 aliphatic carbocycles. The van der Waals surface area contributed by atoms with Crippen LogP contribution in [0.15, 0.2) is 48.7 Å². The van der Waals surface area contributed by atoms with Crippen LogP contribution in [-0.4, -0.2) is 45.8 Å². The van der Waals surface area contributed by atoms with Gasteiger partial charge in [0.1, 0.15) is 10.6 Å². The van der Waals surface area contributed by atoms with Gasteiger partial charge >= 0.3 is 6.18 Å². The van der Waals surface area contributed by atoms with Gasteiger partial charge in [-0.15, -0.1) is 0 Å². The molecule has 5 atom stereocenters. The summed E-state index contributed by atoms with van der Waals surface area (Å²) in [6.07, 6.45) is -4.95. The zero-order chi connectivity index (χ0) is 28.6. The Morgan fingerprint density at radius 3 is 2.58 bits per heavy atom. The minimum absolute atomic E-state index is 0.0425. The topological polar surface area (TPSA) is 113 Å². The third kappa shape index (κ3) is 3.70. The number of fused-ring (bicyclic) bond motifs is 6. The molecular formula is C28H21ClF3N3O5. The molecule has 1 aromatic heterocycles. The van der Waals surface area contributed by atoms with Crippen LogP contribution in [0, 0.1) is 23.2 Å². The molecule has 5 unspecified atom stereocenters. The number of nitriles is 1. The lowest BCUT2D eigenvalue weighted by molar-refractivity contribution is -0.138. The molecule has 40 heavy (non-hydrogen) atoms. The summed E-state index contributed by atoms with van der Waals surface area (Å²) in [5, 5.41) is 21.3. The van der Waals surface area contributed by atoms with E-state index in [-0.39, 0.29) is 30.4 Å². The van der Waals surface area contributed by atoms with Gasteiger partial charge in [-0.3, -0.25) is 9.59 Å². The number of aliphatic hydroxyl groups is 1. The van der Waals surface area contributed by atoms with Crippen LogP contribution >= 0.6 is 11.6 Å². The minimum Gasteiger partial charge on any atom is -0.476 e. The molecule has 0 saturated carbocycles. The fourth-order valence-corrected chi connectivity index (χ4v) is 6.67. The number of alkyl halides is 3. The predicted molar refractivity (Wildman–Crippen MR) is 135 cm³/mol. The summed E-state index contributed by atoms with van der Waals surface area (Å²) in [7, 11) is 0. The van der Waals surface area contributed by atoms with Crippen molar-refractivity contribution < 1.29 is 37.3 Å². The van der Waals surface area contributed by atoms with Gasteiger partial charge in [0.05, 0.1) is 53.0 Å². The number of ether oxygens (including phenoxy) is 2. The zero-order valence-corrected chi connectivity index (χ0v) is 21.7. The van der Waals surface area contributed by atoms with Gasteiger partial charge in [-0.25, -0.2) is 9.88 Å². The molecule has 2 bridgehead atoms. The minimum atomic E-state index is -4.62. The quantitative estimate of drug-likeness (QED) is 0.444. The number of pyridine rings is 1. The van der Waals surface area contributed by atoms with E-state index in [9.17, 15) is 33.1 Å². The number of rotatable bonds is 5. The molecule has 6 rings (SSSR count). The summed E-state index contributed by atoms with van der Waals surface area (Å²) in [5.74, 6) is -3.12. The summed E-state index contributed by atoms with van der Waals surface area (Å²) < 4.78 is 50.7. The lowest BCUT2D eigenvalue weighted by Crippen LogP contribution is -2.49. The van der Waals surface area contributed by atoms with Gasteiger partial charge in [0.15, 0.2) is 0 Å². The van der Waals surface area contributed by atoms with E-state index in [1.807, 2.05) is 0 Å². The highest BCUT2D eigenvalue weighted by Gasteiger charge is 2.77. The van der Waals surface area contributed by atoms with Gasteiger partial charge in [-0.2, -0.15) is 18.4 Å². The molecule has 8 nitrogen and oxygen atoms in total. The van der Waals surface area contributed by atoms with Crippen LogP contribution in [-0.2, 0) is 20.5 Å². The first-order chi connectivity index (χ1) is 18.9. The van der Waals surface area contributed by atoms with Gasteiger partial charge in [0.25, 0.3) is 0 Å². The van der Waals surface area contributed by atoms with Gasteiger partial charge in [-0.05, 0) is 25.1 Å². The van der Waals surface area contributed by atoms with E-state index in [1.54, 1.807) is 43.3 Å². The Balaban J connectivity index is 1.31. The highest BCUT2D eigenvalue weighted by Crippen LogP contribution is 2.62. The number of aromatic nitrogens is 1. The SMILES string of the molecule is CC12OC(CCOc3ncc(C(F)(F)F)cc3Cl)(CC1O)C1C(=O)N(c3ccc(C#N)c4ccccc34)C(=O)C12. The molecule has 3 saturated heterocycles. The highest BCUT2D eigenvalue weighted by molar-refractivity contribution is 6.31.